The standard InChI is InChI=1S/C25H24F2N2O5S/c1-4-8-34-12-15-6-5-7-17(22(15)33-3)21-13-35-25(28-21)29-23(30)16-10-19(26)18(20(27)11-16)9-14(2)24(31)32/h5-7,9-11,13H,4,8,12H2,1-3H3,(H,31,32)(H,28,29,30)/b14-9+. The second-order valence-electron chi connectivity index (χ2n) is 7.53. The number of nitrogens with zero attached hydrogens (tertiary/aromatic N) is 1. The third kappa shape index (κ3) is 6.28. The zero-order chi connectivity index (χ0) is 25.5. The van der Waals surface area contributed by atoms with Crippen molar-refractivity contribution in [3.8, 4) is 17.0 Å². The molecule has 1 aromatic heterocycles. The molecule has 0 aliphatic carbocycles. The quantitative estimate of drug-likeness (QED) is 0.270. The Morgan fingerprint density at radius 3 is 2.57 bits per heavy atom. The molecular weight excluding hydrogens is 478 g/mol. The minimum absolute atomic E-state index is 0.228. The van der Waals surface area contributed by atoms with Gasteiger partial charge in [0, 0.05) is 39.8 Å². The third-order valence-electron chi connectivity index (χ3n) is 4.95. The molecule has 0 atom stereocenters. The Balaban J connectivity index is 1.81. The van der Waals surface area contributed by atoms with Crippen LogP contribution in [-0.2, 0) is 16.1 Å². The highest BCUT2D eigenvalue weighted by molar-refractivity contribution is 7.14. The van der Waals surface area contributed by atoms with Gasteiger partial charge in [0.1, 0.15) is 17.4 Å². The van der Waals surface area contributed by atoms with Gasteiger partial charge in [-0.2, -0.15) is 0 Å². The van der Waals surface area contributed by atoms with E-state index >= 15 is 0 Å². The monoisotopic (exact) mass is 502 g/mol. The number of rotatable bonds is 10. The summed E-state index contributed by atoms with van der Waals surface area (Å²) in [6.07, 6.45) is 1.77. The van der Waals surface area contributed by atoms with Crippen LogP contribution >= 0.6 is 11.3 Å². The minimum atomic E-state index is -1.30. The number of methoxy groups -OCH3 is 1. The Labute approximate surface area is 205 Å². The van der Waals surface area contributed by atoms with Crippen LogP contribution in [-0.4, -0.2) is 35.7 Å². The maximum atomic E-state index is 14.4. The number of nitrogens with one attached hydrogen (secondary N) is 1. The van der Waals surface area contributed by atoms with Crippen molar-refractivity contribution in [3.05, 3.63) is 69.6 Å². The molecule has 10 heteroatoms. The van der Waals surface area contributed by atoms with Crippen LogP contribution in [0.2, 0.25) is 0 Å². The van der Waals surface area contributed by atoms with E-state index < -0.39 is 29.1 Å². The fourth-order valence-electron chi connectivity index (χ4n) is 3.22. The number of carboxylic acids is 1. The van der Waals surface area contributed by atoms with Gasteiger partial charge in [-0.15, -0.1) is 11.3 Å². The summed E-state index contributed by atoms with van der Waals surface area (Å²) in [6.45, 7) is 4.24. The van der Waals surface area contributed by atoms with Gasteiger partial charge in [-0.1, -0.05) is 19.1 Å². The number of anilines is 1. The minimum Gasteiger partial charge on any atom is -0.496 e. The van der Waals surface area contributed by atoms with Gasteiger partial charge in [0.25, 0.3) is 5.91 Å². The predicted octanol–water partition coefficient (Wildman–Crippen LogP) is 5.76. The number of para-hydroxylation sites is 1. The highest BCUT2D eigenvalue weighted by atomic mass is 32.1. The van der Waals surface area contributed by atoms with Crippen molar-refractivity contribution >= 4 is 34.4 Å². The number of halogens is 2. The van der Waals surface area contributed by atoms with Crippen molar-refractivity contribution in [2.45, 2.75) is 26.9 Å². The summed E-state index contributed by atoms with van der Waals surface area (Å²) in [7, 11) is 1.55. The maximum Gasteiger partial charge on any atom is 0.331 e. The van der Waals surface area contributed by atoms with Gasteiger partial charge in [-0.05, 0) is 37.6 Å². The average Bonchev–Trinajstić information content (AvgIpc) is 3.29. The summed E-state index contributed by atoms with van der Waals surface area (Å²) in [5, 5.41) is 13.4. The molecule has 0 fully saturated rings. The molecule has 0 radical (unpaired) electrons. The summed E-state index contributed by atoms with van der Waals surface area (Å²) in [5.41, 5.74) is 1.08. The Morgan fingerprint density at radius 2 is 1.94 bits per heavy atom. The average molecular weight is 503 g/mol. The maximum absolute atomic E-state index is 14.4. The van der Waals surface area contributed by atoms with Crippen LogP contribution in [0.1, 0.15) is 41.8 Å². The van der Waals surface area contributed by atoms with Crippen molar-refractivity contribution in [1.82, 2.24) is 4.98 Å². The van der Waals surface area contributed by atoms with Crippen LogP contribution in [0.5, 0.6) is 5.75 Å². The second-order valence-corrected chi connectivity index (χ2v) is 8.39. The number of thiazole rings is 1. The molecule has 7 nitrogen and oxygen atoms in total. The van der Waals surface area contributed by atoms with E-state index in [9.17, 15) is 18.4 Å². The number of carbonyl (C=O) groups is 2. The first-order valence-electron chi connectivity index (χ1n) is 10.7. The Bertz CT molecular complexity index is 1250. The van der Waals surface area contributed by atoms with Gasteiger partial charge < -0.3 is 14.6 Å². The summed E-state index contributed by atoms with van der Waals surface area (Å²) in [6, 6.07) is 7.27. The number of hydrogen-bond acceptors (Lipinski definition) is 6. The molecule has 0 spiro atoms. The highest BCUT2D eigenvalue weighted by Crippen LogP contribution is 2.35. The number of carbonyl (C=O) groups excluding carboxylic acids is 1. The zero-order valence-corrected chi connectivity index (χ0v) is 20.2. The molecule has 0 saturated carbocycles. The smallest absolute Gasteiger partial charge is 0.331 e. The van der Waals surface area contributed by atoms with Gasteiger partial charge in [0.2, 0.25) is 0 Å². The van der Waals surface area contributed by atoms with E-state index in [4.69, 9.17) is 14.6 Å². The summed E-state index contributed by atoms with van der Waals surface area (Å²) in [4.78, 5) is 27.9. The van der Waals surface area contributed by atoms with Crippen molar-refractivity contribution < 1.29 is 33.0 Å². The van der Waals surface area contributed by atoms with Crippen LogP contribution in [0.4, 0.5) is 13.9 Å². The van der Waals surface area contributed by atoms with E-state index in [1.807, 2.05) is 25.1 Å². The van der Waals surface area contributed by atoms with E-state index in [1.165, 1.54) is 6.92 Å². The summed E-state index contributed by atoms with van der Waals surface area (Å²) < 4.78 is 40.0. The second kappa shape index (κ2) is 11.7. The van der Waals surface area contributed by atoms with Crippen molar-refractivity contribution in [2.75, 3.05) is 19.0 Å². The molecule has 2 N–H and O–H groups in total. The molecule has 3 rings (SSSR count). The number of aliphatic carboxylic acids is 1. The largest absolute Gasteiger partial charge is 0.496 e. The molecule has 184 valence electrons. The molecule has 0 saturated heterocycles. The lowest BCUT2D eigenvalue weighted by atomic mass is 10.1. The van der Waals surface area contributed by atoms with Crippen LogP contribution in [0.25, 0.3) is 17.3 Å². The number of hydrogen-bond donors (Lipinski definition) is 2. The fourth-order valence-corrected chi connectivity index (χ4v) is 3.93. The lowest BCUT2D eigenvalue weighted by molar-refractivity contribution is -0.132. The normalized spacial score (nSPS) is 11.4. The molecule has 0 aliphatic rings. The lowest BCUT2D eigenvalue weighted by Gasteiger charge is -2.12. The molecule has 2 aromatic carbocycles. The molecule has 1 amide bonds. The van der Waals surface area contributed by atoms with E-state index in [0.29, 0.717) is 30.2 Å². The predicted molar refractivity (Wildman–Crippen MR) is 130 cm³/mol. The van der Waals surface area contributed by atoms with Crippen molar-refractivity contribution in [2.24, 2.45) is 0 Å². The lowest BCUT2D eigenvalue weighted by Crippen LogP contribution is -2.13. The van der Waals surface area contributed by atoms with E-state index in [2.05, 4.69) is 10.3 Å². The van der Waals surface area contributed by atoms with Crippen LogP contribution in [0, 0.1) is 11.6 Å². The first-order valence-corrected chi connectivity index (χ1v) is 11.5. The van der Waals surface area contributed by atoms with E-state index in [-0.39, 0.29) is 16.3 Å². The van der Waals surface area contributed by atoms with E-state index in [1.54, 1.807) is 12.5 Å². The fraction of sp³-hybridized carbons (Fsp3) is 0.240. The highest BCUT2D eigenvalue weighted by Gasteiger charge is 2.18. The molecular formula is C25H24F2N2O5S. The number of carboxylic acid groups (broad SMARTS) is 1. The van der Waals surface area contributed by atoms with Gasteiger partial charge in [-0.25, -0.2) is 18.6 Å². The van der Waals surface area contributed by atoms with Gasteiger partial charge in [-0.3, -0.25) is 10.1 Å². The molecule has 35 heavy (non-hydrogen) atoms. The van der Waals surface area contributed by atoms with Crippen LogP contribution in [0.3, 0.4) is 0 Å². The van der Waals surface area contributed by atoms with Crippen molar-refractivity contribution in [3.63, 3.8) is 0 Å². The molecule has 0 unspecified atom stereocenters. The first kappa shape index (κ1) is 26.0. The topological polar surface area (TPSA) is 97.8 Å². The van der Waals surface area contributed by atoms with E-state index in [0.717, 1.165) is 41.5 Å². The Kier molecular flexibility index (Phi) is 8.67. The third-order valence-corrected chi connectivity index (χ3v) is 5.70. The molecule has 0 aliphatic heterocycles. The van der Waals surface area contributed by atoms with Gasteiger partial charge >= 0.3 is 5.97 Å². The van der Waals surface area contributed by atoms with Gasteiger partial charge in [0.05, 0.1) is 19.4 Å². The number of ether oxygens (including phenoxy) is 2. The van der Waals surface area contributed by atoms with Gasteiger partial charge in [0.15, 0.2) is 5.13 Å². The van der Waals surface area contributed by atoms with Crippen LogP contribution < -0.4 is 10.1 Å². The number of aromatic nitrogens is 1. The number of amides is 1. The van der Waals surface area contributed by atoms with Crippen molar-refractivity contribution in [1.29, 1.82) is 0 Å². The summed E-state index contributed by atoms with van der Waals surface area (Å²) >= 11 is 1.14. The Hall–Kier alpha value is -3.63. The SMILES string of the molecule is CCCOCc1cccc(-c2csc(NC(=O)c3cc(F)c(/C=C(\C)C(=O)O)c(F)c3)n2)c1OC. The van der Waals surface area contributed by atoms with Crippen LogP contribution in [0.15, 0.2) is 41.3 Å². The molecule has 0 bridgehead atoms. The Morgan fingerprint density at radius 1 is 1.23 bits per heavy atom. The summed E-state index contributed by atoms with van der Waals surface area (Å²) in [5.74, 6) is -3.57. The zero-order valence-electron chi connectivity index (χ0n) is 19.4. The number of benzene rings is 2. The molecule has 1 heterocycles. The molecule has 3 aromatic rings. The first-order chi connectivity index (χ1) is 16.7.